The van der Waals surface area contributed by atoms with E-state index in [4.69, 9.17) is 0 Å². The molecule has 0 aliphatic heterocycles. The largest absolute Gasteiger partial charge is 0.352 e. The molecule has 1 saturated carbocycles. The predicted octanol–water partition coefficient (Wildman–Crippen LogP) is 6.18. The number of carbonyl (C=O) groups excluding carboxylic acids is 2. The van der Waals surface area contributed by atoms with Gasteiger partial charge in [0.2, 0.25) is 11.8 Å². The molecular formula is C34H43N3O4S. The van der Waals surface area contributed by atoms with E-state index in [1.54, 1.807) is 43.3 Å². The van der Waals surface area contributed by atoms with E-state index in [1.165, 1.54) is 11.3 Å². The molecule has 0 saturated heterocycles. The van der Waals surface area contributed by atoms with Gasteiger partial charge in [-0.1, -0.05) is 93.3 Å². The number of hydrogen-bond donors (Lipinski definition) is 1. The number of sulfonamides is 1. The van der Waals surface area contributed by atoms with Crippen molar-refractivity contribution in [1.29, 1.82) is 0 Å². The molecule has 1 unspecified atom stereocenters. The predicted molar refractivity (Wildman–Crippen MR) is 168 cm³/mol. The van der Waals surface area contributed by atoms with Gasteiger partial charge in [-0.05, 0) is 68.0 Å². The van der Waals surface area contributed by atoms with Crippen molar-refractivity contribution >= 4 is 27.5 Å². The molecule has 7 nitrogen and oxygen atoms in total. The van der Waals surface area contributed by atoms with Crippen LogP contribution in [0.3, 0.4) is 0 Å². The first-order chi connectivity index (χ1) is 20.1. The normalized spacial score (nSPS) is 14.8. The van der Waals surface area contributed by atoms with Crippen molar-refractivity contribution in [2.45, 2.75) is 89.2 Å². The van der Waals surface area contributed by atoms with Crippen molar-refractivity contribution < 1.29 is 18.0 Å². The fraction of sp³-hybridized carbons (Fsp3) is 0.412. The van der Waals surface area contributed by atoms with Gasteiger partial charge >= 0.3 is 0 Å². The minimum absolute atomic E-state index is 0.0975. The summed E-state index contributed by atoms with van der Waals surface area (Å²) in [4.78, 5) is 29.1. The Morgan fingerprint density at radius 1 is 0.857 bits per heavy atom. The fourth-order valence-electron chi connectivity index (χ4n) is 5.32. The molecule has 0 aromatic heterocycles. The molecule has 1 fully saturated rings. The maximum Gasteiger partial charge on any atom is 0.264 e. The van der Waals surface area contributed by atoms with E-state index in [1.807, 2.05) is 49.4 Å². The highest BCUT2D eigenvalue weighted by Gasteiger charge is 2.33. The summed E-state index contributed by atoms with van der Waals surface area (Å²) in [6.45, 7) is 7.49. The number of hydrogen-bond acceptors (Lipinski definition) is 4. The molecule has 1 aliphatic rings. The van der Waals surface area contributed by atoms with Crippen LogP contribution in [-0.2, 0) is 26.2 Å². The molecule has 3 aromatic carbocycles. The minimum Gasteiger partial charge on any atom is -0.352 e. The standard InChI is InChI=1S/C34H43N3O4S/c1-25(2)29-17-19-31(20-18-29)37(42(40,41)32-21-15-26(3)16-22-32)24-33(38)36(23-28-11-7-5-8-12-28)27(4)34(39)35-30-13-9-6-10-14-30/h5,7-8,11-12,15-22,25,27,30H,6,9-10,13-14,23-24H2,1-4H3,(H,35,39). The Balaban J connectivity index is 1.67. The molecular weight excluding hydrogens is 546 g/mol. The fourth-order valence-corrected chi connectivity index (χ4v) is 6.74. The van der Waals surface area contributed by atoms with Gasteiger partial charge in [0, 0.05) is 12.6 Å². The van der Waals surface area contributed by atoms with E-state index in [0.717, 1.165) is 46.7 Å². The zero-order valence-corrected chi connectivity index (χ0v) is 25.9. The van der Waals surface area contributed by atoms with Gasteiger partial charge in [-0.25, -0.2) is 8.42 Å². The molecule has 4 rings (SSSR count). The van der Waals surface area contributed by atoms with Crippen molar-refractivity contribution in [1.82, 2.24) is 10.2 Å². The highest BCUT2D eigenvalue weighted by Crippen LogP contribution is 2.27. The summed E-state index contributed by atoms with van der Waals surface area (Å²) < 4.78 is 29.2. The first kappa shape index (κ1) is 31.3. The Kier molecular flexibility index (Phi) is 10.4. The Morgan fingerprint density at radius 2 is 1.48 bits per heavy atom. The third-order valence-corrected chi connectivity index (χ3v) is 9.84. The summed E-state index contributed by atoms with van der Waals surface area (Å²) in [5.74, 6) is -0.401. The highest BCUT2D eigenvalue weighted by molar-refractivity contribution is 7.92. The van der Waals surface area contributed by atoms with Crippen LogP contribution in [0.5, 0.6) is 0 Å². The van der Waals surface area contributed by atoms with Crippen LogP contribution in [0.15, 0.2) is 83.8 Å². The maximum atomic E-state index is 14.1. The Bertz CT molecular complexity index is 1430. The summed E-state index contributed by atoms with van der Waals surface area (Å²) in [6, 6.07) is 22.7. The lowest BCUT2D eigenvalue weighted by Crippen LogP contribution is -2.53. The summed E-state index contributed by atoms with van der Waals surface area (Å²) in [7, 11) is -4.09. The van der Waals surface area contributed by atoms with E-state index in [9.17, 15) is 18.0 Å². The lowest BCUT2D eigenvalue weighted by Gasteiger charge is -2.33. The molecule has 0 spiro atoms. The Labute approximate surface area is 251 Å². The lowest BCUT2D eigenvalue weighted by molar-refractivity contribution is -0.139. The SMILES string of the molecule is Cc1ccc(S(=O)(=O)N(CC(=O)N(Cc2ccccc2)C(C)C(=O)NC2CCCCC2)c2ccc(C(C)C)cc2)cc1. The number of rotatable bonds is 11. The van der Waals surface area contributed by atoms with Crippen molar-refractivity contribution in [3.05, 3.63) is 95.6 Å². The number of amides is 2. The van der Waals surface area contributed by atoms with Gasteiger partial charge in [0.25, 0.3) is 10.0 Å². The van der Waals surface area contributed by atoms with Gasteiger partial charge in [0.1, 0.15) is 12.6 Å². The van der Waals surface area contributed by atoms with Crippen molar-refractivity contribution in [3.8, 4) is 0 Å². The third kappa shape index (κ3) is 7.79. The molecule has 42 heavy (non-hydrogen) atoms. The Morgan fingerprint density at radius 3 is 2.07 bits per heavy atom. The third-order valence-electron chi connectivity index (χ3n) is 8.05. The van der Waals surface area contributed by atoms with Crippen LogP contribution < -0.4 is 9.62 Å². The second-order valence-electron chi connectivity index (χ2n) is 11.6. The van der Waals surface area contributed by atoms with E-state index in [2.05, 4.69) is 19.2 Å². The molecule has 1 N–H and O–H groups in total. The van der Waals surface area contributed by atoms with E-state index in [-0.39, 0.29) is 29.3 Å². The molecule has 0 radical (unpaired) electrons. The van der Waals surface area contributed by atoms with Crippen LogP contribution in [-0.4, -0.2) is 43.8 Å². The summed E-state index contributed by atoms with van der Waals surface area (Å²) >= 11 is 0. The average molecular weight is 590 g/mol. The zero-order chi connectivity index (χ0) is 30.3. The molecule has 2 amide bonds. The molecule has 224 valence electrons. The average Bonchev–Trinajstić information content (AvgIpc) is 2.99. The number of nitrogens with one attached hydrogen (secondary N) is 1. The van der Waals surface area contributed by atoms with E-state index >= 15 is 0 Å². The lowest BCUT2D eigenvalue weighted by atomic mass is 9.95. The van der Waals surface area contributed by atoms with Crippen LogP contribution in [0, 0.1) is 6.92 Å². The van der Waals surface area contributed by atoms with E-state index < -0.39 is 28.5 Å². The second-order valence-corrected chi connectivity index (χ2v) is 13.5. The van der Waals surface area contributed by atoms with Crippen LogP contribution >= 0.6 is 0 Å². The Hall–Kier alpha value is -3.65. The van der Waals surface area contributed by atoms with Gasteiger partial charge in [-0.15, -0.1) is 0 Å². The topological polar surface area (TPSA) is 86.8 Å². The number of aryl methyl sites for hydroxylation is 1. The van der Waals surface area contributed by atoms with Crippen molar-refractivity contribution in [2.75, 3.05) is 10.8 Å². The first-order valence-corrected chi connectivity index (χ1v) is 16.3. The summed E-state index contributed by atoms with van der Waals surface area (Å²) in [6.07, 6.45) is 5.19. The quantitative estimate of drug-likeness (QED) is 0.289. The van der Waals surface area contributed by atoms with Gasteiger partial charge in [0.05, 0.1) is 10.6 Å². The monoisotopic (exact) mass is 589 g/mol. The molecule has 0 bridgehead atoms. The minimum atomic E-state index is -4.09. The number of carbonyl (C=O) groups is 2. The van der Waals surface area contributed by atoms with Crippen LogP contribution in [0.2, 0.25) is 0 Å². The molecule has 1 aliphatic carbocycles. The van der Waals surface area contributed by atoms with Crippen LogP contribution in [0.4, 0.5) is 5.69 Å². The number of nitrogens with zero attached hydrogens (tertiary/aromatic N) is 2. The van der Waals surface area contributed by atoms with Gasteiger partial charge in [0.15, 0.2) is 0 Å². The van der Waals surface area contributed by atoms with Crippen LogP contribution in [0.25, 0.3) is 0 Å². The summed E-state index contributed by atoms with van der Waals surface area (Å²) in [5.41, 5.74) is 3.26. The zero-order valence-electron chi connectivity index (χ0n) is 25.1. The van der Waals surface area contributed by atoms with Gasteiger partial charge < -0.3 is 10.2 Å². The highest BCUT2D eigenvalue weighted by atomic mass is 32.2. The van der Waals surface area contributed by atoms with E-state index in [0.29, 0.717) is 5.69 Å². The smallest absolute Gasteiger partial charge is 0.264 e. The number of anilines is 1. The van der Waals surface area contributed by atoms with Crippen LogP contribution in [0.1, 0.15) is 75.5 Å². The molecule has 0 heterocycles. The molecule has 1 atom stereocenters. The number of benzene rings is 3. The van der Waals surface area contributed by atoms with Crippen molar-refractivity contribution in [3.63, 3.8) is 0 Å². The maximum absolute atomic E-state index is 14.1. The first-order valence-electron chi connectivity index (χ1n) is 14.9. The van der Waals surface area contributed by atoms with Crippen molar-refractivity contribution in [2.24, 2.45) is 0 Å². The second kappa shape index (κ2) is 14.0. The van der Waals surface area contributed by atoms with Gasteiger partial charge in [-0.2, -0.15) is 0 Å². The van der Waals surface area contributed by atoms with Gasteiger partial charge in [-0.3, -0.25) is 13.9 Å². The molecule has 8 heteroatoms. The molecule has 3 aromatic rings. The summed E-state index contributed by atoms with van der Waals surface area (Å²) in [5, 5.41) is 3.14.